The van der Waals surface area contributed by atoms with Crippen molar-refractivity contribution in [2.24, 2.45) is 7.05 Å². The van der Waals surface area contributed by atoms with Crippen molar-refractivity contribution < 1.29 is 9.47 Å². The molecule has 2 heterocycles. The number of benzene rings is 1. The molecule has 1 aromatic carbocycles. The van der Waals surface area contributed by atoms with Gasteiger partial charge < -0.3 is 19.4 Å². The third-order valence-corrected chi connectivity index (χ3v) is 4.20. The molecule has 106 valence electrons. The molecule has 1 aliphatic carbocycles. The van der Waals surface area contributed by atoms with Crippen molar-refractivity contribution in [1.29, 1.82) is 0 Å². The van der Waals surface area contributed by atoms with Crippen LogP contribution in [0.5, 0.6) is 11.5 Å². The van der Waals surface area contributed by atoms with Crippen LogP contribution in [-0.4, -0.2) is 23.9 Å². The fraction of sp³-hybridized carbons (Fsp3) is 0.500. The normalized spacial score (nSPS) is 17.1. The number of fused-ring (bicyclic) bond motifs is 2. The number of aromatic nitrogens is 1. The molecule has 0 bridgehead atoms. The molecule has 1 fully saturated rings. The van der Waals surface area contributed by atoms with E-state index < -0.39 is 0 Å². The number of nitrogens with zero attached hydrogens (tertiary/aromatic N) is 1. The van der Waals surface area contributed by atoms with Crippen molar-refractivity contribution >= 4 is 10.9 Å². The summed E-state index contributed by atoms with van der Waals surface area (Å²) < 4.78 is 13.1. The third kappa shape index (κ3) is 2.14. The Balaban J connectivity index is 1.55. The van der Waals surface area contributed by atoms with Crippen molar-refractivity contribution in [2.45, 2.75) is 31.7 Å². The SMILES string of the molecule is Cn1cc(CCCNC2CC2)c2cc3c(cc21)OCO3. The molecule has 1 aliphatic heterocycles. The van der Waals surface area contributed by atoms with Crippen molar-refractivity contribution in [3.8, 4) is 11.5 Å². The standard InChI is InChI=1S/C16H20N2O2/c1-18-9-11(3-2-6-17-12-4-5-12)13-7-15-16(8-14(13)18)20-10-19-15/h7-9,12,17H,2-6,10H2,1H3. The van der Waals surface area contributed by atoms with E-state index >= 15 is 0 Å². The summed E-state index contributed by atoms with van der Waals surface area (Å²) in [6.07, 6.45) is 7.24. The monoisotopic (exact) mass is 272 g/mol. The van der Waals surface area contributed by atoms with Crippen molar-refractivity contribution in [2.75, 3.05) is 13.3 Å². The first-order valence-corrected chi connectivity index (χ1v) is 7.42. The molecule has 1 aromatic heterocycles. The van der Waals surface area contributed by atoms with Crippen molar-refractivity contribution in [3.05, 3.63) is 23.9 Å². The second kappa shape index (κ2) is 4.70. The molecular formula is C16H20N2O2. The summed E-state index contributed by atoms with van der Waals surface area (Å²) in [6.45, 7) is 1.46. The van der Waals surface area contributed by atoms with E-state index in [1.54, 1.807) is 0 Å². The van der Waals surface area contributed by atoms with Crippen LogP contribution in [0.15, 0.2) is 18.3 Å². The van der Waals surface area contributed by atoms with Gasteiger partial charge in [-0.05, 0) is 43.9 Å². The highest BCUT2D eigenvalue weighted by molar-refractivity contribution is 5.87. The second-order valence-electron chi connectivity index (χ2n) is 5.82. The van der Waals surface area contributed by atoms with Crippen LogP contribution in [0.3, 0.4) is 0 Å². The van der Waals surface area contributed by atoms with Crippen LogP contribution in [-0.2, 0) is 13.5 Å². The quantitative estimate of drug-likeness (QED) is 0.850. The average molecular weight is 272 g/mol. The number of ether oxygens (including phenoxy) is 2. The van der Waals surface area contributed by atoms with Gasteiger partial charge in [-0.2, -0.15) is 0 Å². The minimum absolute atomic E-state index is 0.340. The molecule has 4 nitrogen and oxygen atoms in total. The summed E-state index contributed by atoms with van der Waals surface area (Å²) in [4.78, 5) is 0. The summed E-state index contributed by atoms with van der Waals surface area (Å²) in [7, 11) is 2.09. The van der Waals surface area contributed by atoms with E-state index in [1.165, 1.54) is 35.7 Å². The van der Waals surface area contributed by atoms with Gasteiger partial charge in [-0.15, -0.1) is 0 Å². The van der Waals surface area contributed by atoms with E-state index in [2.05, 4.69) is 35.3 Å². The molecule has 20 heavy (non-hydrogen) atoms. The van der Waals surface area contributed by atoms with Crippen LogP contribution in [0, 0.1) is 0 Å². The summed E-state index contributed by atoms with van der Waals surface area (Å²) >= 11 is 0. The van der Waals surface area contributed by atoms with Gasteiger partial charge >= 0.3 is 0 Å². The van der Waals surface area contributed by atoms with E-state index in [1.807, 2.05) is 0 Å². The highest BCUT2D eigenvalue weighted by atomic mass is 16.7. The molecule has 1 N–H and O–H groups in total. The Bertz CT molecular complexity index is 643. The Kier molecular flexibility index (Phi) is 2.84. The lowest BCUT2D eigenvalue weighted by Gasteiger charge is -2.03. The Morgan fingerprint density at radius 1 is 1.25 bits per heavy atom. The van der Waals surface area contributed by atoms with Gasteiger partial charge in [0.2, 0.25) is 6.79 Å². The van der Waals surface area contributed by atoms with E-state index in [9.17, 15) is 0 Å². The topological polar surface area (TPSA) is 35.4 Å². The lowest BCUT2D eigenvalue weighted by atomic mass is 10.1. The minimum atomic E-state index is 0.340. The summed E-state index contributed by atoms with van der Waals surface area (Å²) in [5.41, 5.74) is 2.62. The molecule has 0 unspecified atom stereocenters. The molecule has 4 heteroatoms. The first-order chi connectivity index (χ1) is 9.81. The van der Waals surface area contributed by atoms with Crippen LogP contribution in [0.25, 0.3) is 10.9 Å². The summed E-state index contributed by atoms with van der Waals surface area (Å²) in [5.74, 6) is 1.74. The Morgan fingerprint density at radius 3 is 2.85 bits per heavy atom. The zero-order valence-electron chi connectivity index (χ0n) is 11.8. The number of hydrogen-bond donors (Lipinski definition) is 1. The van der Waals surface area contributed by atoms with Crippen LogP contribution in [0.2, 0.25) is 0 Å². The summed E-state index contributed by atoms with van der Waals surface area (Å²) in [6, 6.07) is 5.02. The van der Waals surface area contributed by atoms with E-state index in [-0.39, 0.29) is 0 Å². The molecule has 0 radical (unpaired) electrons. The second-order valence-corrected chi connectivity index (χ2v) is 5.82. The molecule has 1 saturated carbocycles. The molecular weight excluding hydrogens is 252 g/mol. The van der Waals surface area contributed by atoms with Gasteiger partial charge in [0, 0.05) is 30.7 Å². The van der Waals surface area contributed by atoms with E-state index in [4.69, 9.17) is 9.47 Å². The molecule has 2 aliphatic rings. The highest BCUT2D eigenvalue weighted by Gasteiger charge is 2.20. The van der Waals surface area contributed by atoms with Gasteiger partial charge in [-0.1, -0.05) is 0 Å². The van der Waals surface area contributed by atoms with Gasteiger partial charge in [-0.3, -0.25) is 0 Å². The van der Waals surface area contributed by atoms with Gasteiger partial charge in [0.05, 0.1) is 5.52 Å². The maximum atomic E-state index is 5.49. The number of aryl methyl sites for hydroxylation is 2. The zero-order chi connectivity index (χ0) is 13.5. The third-order valence-electron chi connectivity index (χ3n) is 4.20. The molecule has 4 rings (SSSR count). The van der Waals surface area contributed by atoms with E-state index in [0.29, 0.717) is 6.79 Å². The fourth-order valence-corrected chi connectivity index (χ4v) is 2.92. The average Bonchev–Trinajstić information content (AvgIpc) is 3.07. The number of rotatable bonds is 5. The lowest BCUT2D eigenvalue weighted by Crippen LogP contribution is -2.17. The van der Waals surface area contributed by atoms with Gasteiger partial charge in [0.1, 0.15) is 0 Å². The first-order valence-electron chi connectivity index (χ1n) is 7.42. The minimum Gasteiger partial charge on any atom is -0.454 e. The maximum absolute atomic E-state index is 5.49. The van der Waals surface area contributed by atoms with Crippen LogP contribution < -0.4 is 14.8 Å². The van der Waals surface area contributed by atoms with Crippen molar-refractivity contribution in [1.82, 2.24) is 9.88 Å². The lowest BCUT2D eigenvalue weighted by molar-refractivity contribution is 0.174. The van der Waals surface area contributed by atoms with Gasteiger partial charge in [-0.25, -0.2) is 0 Å². The Hall–Kier alpha value is -1.68. The molecule has 2 aromatic rings. The first kappa shape index (κ1) is 12.1. The van der Waals surface area contributed by atoms with Gasteiger partial charge in [0.15, 0.2) is 11.5 Å². The maximum Gasteiger partial charge on any atom is 0.231 e. The highest BCUT2D eigenvalue weighted by Crippen LogP contribution is 2.37. The van der Waals surface area contributed by atoms with Crippen LogP contribution in [0.4, 0.5) is 0 Å². The number of nitrogens with one attached hydrogen (secondary N) is 1. The Labute approximate surface area is 118 Å². The largest absolute Gasteiger partial charge is 0.454 e. The molecule has 0 atom stereocenters. The predicted molar refractivity (Wildman–Crippen MR) is 78.4 cm³/mol. The Morgan fingerprint density at radius 2 is 2.05 bits per heavy atom. The molecule has 0 amide bonds. The predicted octanol–water partition coefficient (Wildman–Crippen LogP) is 2.59. The zero-order valence-corrected chi connectivity index (χ0v) is 11.8. The molecule has 0 spiro atoms. The van der Waals surface area contributed by atoms with Crippen molar-refractivity contribution in [3.63, 3.8) is 0 Å². The fourth-order valence-electron chi connectivity index (χ4n) is 2.92. The smallest absolute Gasteiger partial charge is 0.231 e. The van der Waals surface area contributed by atoms with Crippen LogP contribution in [0.1, 0.15) is 24.8 Å². The van der Waals surface area contributed by atoms with E-state index in [0.717, 1.165) is 30.5 Å². The molecule has 0 saturated heterocycles. The van der Waals surface area contributed by atoms with Gasteiger partial charge in [0.25, 0.3) is 0 Å². The van der Waals surface area contributed by atoms with Crippen LogP contribution >= 0.6 is 0 Å². The number of hydrogen-bond acceptors (Lipinski definition) is 3. The summed E-state index contributed by atoms with van der Waals surface area (Å²) in [5, 5.41) is 4.87.